The van der Waals surface area contributed by atoms with Crippen LogP contribution in [0.3, 0.4) is 0 Å². The summed E-state index contributed by atoms with van der Waals surface area (Å²) in [6.07, 6.45) is -0.116. The lowest BCUT2D eigenvalue weighted by Crippen LogP contribution is -2.57. The molecule has 1 amide bonds. The van der Waals surface area contributed by atoms with Gasteiger partial charge in [-0.25, -0.2) is 0 Å². The number of fused-ring (bicyclic) bond motifs is 1. The van der Waals surface area contributed by atoms with Crippen molar-refractivity contribution >= 4 is 16.8 Å². The van der Waals surface area contributed by atoms with Crippen molar-refractivity contribution in [3.05, 3.63) is 70.5 Å². The number of para-hydroxylation sites is 3. The summed E-state index contributed by atoms with van der Waals surface area (Å²) in [5.41, 5.74) is 0.708. The van der Waals surface area contributed by atoms with Crippen molar-refractivity contribution in [2.45, 2.75) is 6.10 Å². The molecule has 138 valence electrons. The van der Waals surface area contributed by atoms with Gasteiger partial charge in [-0.1, -0.05) is 30.3 Å². The van der Waals surface area contributed by atoms with E-state index in [0.717, 1.165) is 10.9 Å². The predicted molar refractivity (Wildman–Crippen MR) is 103 cm³/mol. The van der Waals surface area contributed by atoms with Gasteiger partial charge < -0.3 is 18.9 Å². The fourth-order valence-electron chi connectivity index (χ4n) is 3.32. The maximum atomic E-state index is 12.8. The minimum Gasteiger partial charge on any atom is -0.493 e. The summed E-state index contributed by atoms with van der Waals surface area (Å²) in [6, 6.07) is 16.6. The molecule has 6 nitrogen and oxygen atoms in total. The second kappa shape index (κ2) is 6.79. The van der Waals surface area contributed by atoms with Crippen LogP contribution in [0.25, 0.3) is 10.9 Å². The first-order valence-corrected chi connectivity index (χ1v) is 8.76. The van der Waals surface area contributed by atoms with Gasteiger partial charge in [0.25, 0.3) is 11.5 Å². The SMILES string of the molecule is COc1ccccc1OC1CN(C(=O)c2cc3ccccc3n(C)c2=O)C1. The number of pyridine rings is 1. The average molecular weight is 364 g/mol. The van der Waals surface area contributed by atoms with Crippen LogP contribution in [0.15, 0.2) is 59.4 Å². The van der Waals surface area contributed by atoms with Gasteiger partial charge in [-0.3, -0.25) is 9.59 Å². The number of hydrogen-bond acceptors (Lipinski definition) is 4. The van der Waals surface area contributed by atoms with Crippen LogP contribution in [0.2, 0.25) is 0 Å². The third-order valence-electron chi connectivity index (χ3n) is 4.86. The van der Waals surface area contributed by atoms with E-state index in [0.29, 0.717) is 24.6 Å². The first-order valence-electron chi connectivity index (χ1n) is 8.76. The molecule has 6 heteroatoms. The Labute approximate surface area is 156 Å². The number of carbonyl (C=O) groups is 1. The number of benzene rings is 2. The number of aromatic nitrogens is 1. The summed E-state index contributed by atoms with van der Waals surface area (Å²) in [7, 11) is 3.28. The molecular weight excluding hydrogens is 344 g/mol. The van der Waals surface area contributed by atoms with Crippen molar-refractivity contribution in [3.63, 3.8) is 0 Å². The molecule has 1 saturated heterocycles. The number of ether oxygens (including phenoxy) is 2. The molecule has 0 unspecified atom stereocenters. The van der Waals surface area contributed by atoms with Gasteiger partial charge in [0, 0.05) is 7.05 Å². The van der Waals surface area contributed by atoms with Crippen LogP contribution in [0.1, 0.15) is 10.4 Å². The molecule has 0 spiro atoms. The largest absolute Gasteiger partial charge is 0.493 e. The molecule has 0 radical (unpaired) electrons. The zero-order valence-corrected chi connectivity index (χ0v) is 15.2. The van der Waals surface area contributed by atoms with Crippen molar-refractivity contribution < 1.29 is 14.3 Å². The van der Waals surface area contributed by atoms with E-state index in [4.69, 9.17) is 9.47 Å². The first kappa shape index (κ1) is 17.1. The normalized spacial score (nSPS) is 14.1. The standard InChI is InChI=1S/C21H20N2O4/c1-22-17-8-4-3-7-14(17)11-16(20(22)24)21(25)23-12-15(13-23)27-19-10-6-5-9-18(19)26-2/h3-11,15H,12-13H2,1-2H3. The summed E-state index contributed by atoms with van der Waals surface area (Å²) in [6.45, 7) is 0.875. The van der Waals surface area contributed by atoms with Crippen molar-refractivity contribution in [3.8, 4) is 11.5 Å². The van der Waals surface area contributed by atoms with Crippen molar-refractivity contribution in [2.24, 2.45) is 7.05 Å². The van der Waals surface area contributed by atoms with Crippen LogP contribution in [-0.2, 0) is 7.05 Å². The Bertz CT molecular complexity index is 1070. The van der Waals surface area contributed by atoms with Crippen LogP contribution < -0.4 is 15.0 Å². The van der Waals surface area contributed by atoms with E-state index >= 15 is 0 Å². The lowest BCUT2D eigenvalue weighted by Gasteiger charge is -2.39. The van der Waals surface area contributed by atoms with Crippen LogP contribution in [-0.4, -0.2) is 41.7 Å². The number of methoxy groups -OCH3 is 1. The molecule has 0 bridgehead atoms. The van der Waals surface area contributed by atoms with E-state index in [9.17, 15) is 9.59 Å². The van der Waals surface area contributed by atoms with Crippen LogP contribution in [0.5, 0.6) is 11.5 Å². The molecule has 0 aliphatic carbocycles. The molecule has 1 aromatic heterocycles. The molecule has 1 aliphatic heterocycles. The molecular formula is C21H20N2O4. The van der Waals surface area contributed by atoms with Gasteiger partial charge in [0.1, 0.15) is 11.7 Å². The molecule has 27 heavy (non-hydrogen) atoms. The Morgan fingerprint density at radius 2 is 1.70 bits per heavy atom. The maximum absolute atomic E-state index is 12.8. The van der Waals surface area contributed by atoms with Gasteiger partial charge in [0.2, 0.25) is 0 Å². The van der Waals surface area contributed by atoms with E-state index < -0.39 is 0 Å². The van der Waals surface area contributed by atoms with E-state index in [2.05, 4.69) is 0 Å². The molecule has 1 fully saturated rings. The summed E-state index contributed by atoms with van der Waals surface area (Å²) < 4.78 is 12.7. The highest BCUT2D eigenvalue weighted by atomic mass is 16.5. The quantitative estimate of drug-likeness (QED) is 0.714. The third kappa shape index (κ3) is 3.03. The van der Waals surface area contributed by atoms with Crippen LogP contribution in [0, 0.1) is 0 Å². The highest BCUT2D eigenvalue weighted by Gasteiger charge is 2.34. The maximum Gasteiger partial charge on any atom is 0.263 e. The molecule has 0 atom stereocenters. The number of amides is 1. The highest BCUT2D eigenvalue weighted by Crippen LogP contribution is 2.29. The average Bonchev–Trinajstić information content (AvgIpc) is 2.67. The second-order valence-corrected chi connectivity index (χ2v) is 6.58. The van der Waals surface area contributed by atoms with Gasteiger partial charge in [-0.05, 0) is 29.7 Å². The first-order chi connectivity index (χ1) is 13.1. The fraction of sp³-hybridized carbons (Fsp3) is 0.238. The van der Waals surface area contributed by atoms with E-state index in [1.807, 2.05) is 48.5 Å². The van der Waals surface area contributed by atoms with E-state index in [-0.39, 0.29) is 23.1 Å². The Morgan fingerprint density at radius 3 is 2.44 bits per heavy atom. The monoisotopic (exact) mass is 364 g/mol. The molecule has 2 heterocycles. The van der Waals surface area contributed by atoms with Gasteiger partial charge in [-0.2, -0.15) is 0 Å². The highest BCUT2D eigenvalue weighted by molar-refractivity contribution is 5.97. The summed E-state index contributed by atoms with van der Waals surface area (Å²) in [5.74, 6) is 1.05. The Hall–Kier alpha value is -3.28. The van der Waals surface area contributed by atoms with Gasteiger partial charge >= 0.3 is 0 Å². The zero-order valence-electron chi connectivity index (χ0n) is 15.2. The predicted octanol–water partition coefficient (Wildman–Crippen LogP) is 2.45. The Morgan fingerprint density at radius 1 is 1.04 bits per heavy atom. The number of nitrogens with zero attached hydrogens (tertiary/aromatic N) is 2. The summed E-state index contributed by atoms with van der Waals surface area (Å²) >= 11 is 0. The van der Waals surface area contributed by atoms with Crippen molar-refractivity contribution in [1.82, 2.24) is 9.47 Å². The third-order valence-corrected chi connectivity index (χ3v) is 4.86. The van der Waals surface area contributed by atoms with Crippen LogP contribution >= 0.6 is 0 Å². The topological polar surface area (TPSA) is 60.8 Å². The summed E-state index contributed by atoms with van der Waals surface area (Å²) in [5, 5.41) is 0.866. The number of rotatable bonds is 4. The molecule has 3 aromatic rings. The van der Waals surface area contributed by atoms with Gasteiger partial charge in [0.15, 0.2) is 11.5 Å². The number of aryl methyl sites for hydroxylation is 1. The van der Waals surface area contributed by atoms with Gasteiger partial charge in [0.05, 0.1) is 25.7 Å². The second-order valence-electron chi connectivity index (χ2n) is 6.58. The fourth-order valence-corrected chi connectivity index (χ4v) is 3.32. The van der Waals surface area contributed by atoms with Crippen molar-refractivity contribution in [1.29, 1.82) is 0 Å². The number of hydrogen-bond donors (Lipinski definition) is 0. The lowest BCUT2D eigenvalue weighted by atomic mass is 10.1. The number of carbonyl (C=O) groups excluding carboxylic acids is 1. The zero-order chi connectivity index (χ0) is 19.0. The molecule has 4 rings (SSSR count). The Kier molecular flexibility index (Phi) is 4.32. The van der Waals surface area contributed by atoms with E-state index in [1.54, 1.807) is 25.1 Å². The lowest BCUT2D eigenvalue weighted by molar-refractivity contribution is 0.0167. The molecule has 0 N–H and O–H groups in total. The molecule has 0 saturated carbocycles. The van der Waals surface area contributed by atoms with Gasteiger partial charge in [-0.15, -0.1) is 0 Å². The smallest absolute Gasteiger partial charge is 0.263 e. The molecule has 1 aliphatic rings. The minimum absolute atomic E-state index is 0.116. The summed E-state index contributed by atoms with van der Waals surface area (Å²) in [4.78, 5) is 27.0. The Balaban J connectivity index is 1.50. The number of likely N-dealkylation sites (tertiary alicyclic amines) is 1. The minimum atomic E-state index is -0.284. The van der Waals surface area contributed by atoms with Crippen LogP contribution in [0.4, 0.5) is 0 Å². The van der Waals surface area contributed by atoms with Crippen molar-refractivity contribution in [2.75, 3.05) is 20.2 Å². The van der Waals surface area contributed by atoms with E-state index in [1.165, 1.54) is 4.57 Å². The molecule has 2 aromatic carbocycles.